The summed E-state index contributed by atoms with van der Waals surface area (Å²) in [7, 11) is 0. The largest absolute Gasteiger partial charge is 0.399 e. The van der Waals surface area contributed by atoms with Gasteiger partial charge in [0.1, 0.15) is 0 Å². The summed E-state index contributed by atoms with van der Waals surface area (Å²) in [6, 6.07) is 0. The molecule has 4 N–H and O–H groups in total. The maximum atomic E-state index is 5.32. The highest BCUT2D eigenvalue weighted by Gasteiger charge is 1.87. The van der Waals surface area contributed by atoms with Crippen molar-refractivity contribution in [3.05, 3.63) is 36.2 Å². The van der Waals surface area contributed by atoms with Crippen molar-refractivity contribution in [2.45, 2.75) is 6.92 Å². The van der Waals surface area contributed by atoms with Gasteiger partial charge in [-0.1, -0.05) is 13.2 Å². The third-order valence-corrected chi connectivity index (χ3v) is 0.908. The van der Waals surface area contributed by atoms with Crippen molar-refractivity contribution in [1.82, 2.24) is 0 Å². The SMILES string of the molecule is C=C(N)/C=C(\C)C(=C)N. The number of rotatable bonds is 2. The monoisotopic (exact) mass is 124 g/mol. The molecular weight excluding hydrogens is 112 g/mol. The van der Waals surface area contributed by atoms with Crippen LogP contribution in [0.25, 0.3) is 0 Å². The summed E-state index contributed by atoms with van der Waals surface area (Å²) >= 11 is 0. The molecule has 0 aliphatic carbocycles. The van der Waals surface area contributed by atoms with Gasteiger partial charge in [0.25, 0.3) is 0 Å². The second-order valence-electron chi connectivity index (χ2n) is 1.93. The molecule has 0 bridgehead atoms. The molecule has 0 aliphatic heterocycles. The summed E-state index contributed by atoms with van der Waals surface area (Å²) in [6.07, 6.45) is 1.68. The molecule has 50 valence electrons. The first-order valence-corrected chi connectivity index (χ1v) is 2.61. The quantitative estimate of drug-likeness (QED) is 0.537. The average Bonchev–Trinajstić information content (AvgIpc) is 1.63. The van der Waals surface area contributed by atoms with Gasteiger partial charge in [0, 0.05) is 11.4 Å². The standard InChI is InChI=1S/C7H12N2/c1-5(7(3)9)4-6(2)8/h4H,2-3,8-9H2,1H3/b5-4+. The first kappa shape index (κ1) is 7.82. The summed E-state index contributed by atoms with van der Waals surface area (Å²) in [4.78, 5) is 0. The van der Waals surface area contributed by atoms with E-state index in [0.29, 0.717) is 11.4 Å². The van der Waals surface area contributed by atoms with E-state index >= 15 is 0 Å². The van der Waals surface area contributed by atoms with E-state index in [-0.39, 0.29) is 0 Å². The maximum absolute atomic E-state index is 5.32. The van der Waals surface area contributed by atoms with E-state index in [9.17, 15) is 0 Å². The predicted molar refractivity (Wildman–Crippen MR) is 40.4 cm³/mol. The Bertz CT molecular complexity index is 166. The number of hydrogen-bond acceptors (Lipinski definition) is 2. The zero-order chi connectivity index (χ0) is 7.44. The van der Waals surface area contributed by atoms with Crippen molar-refractivity contribution in [1.29, 1.82) is 0 Å². The summed E-state index contributed by atoms with van der Waals surface area (Å²) in [5, 5.41) is 0. The van der Waals surface area contributed by atoms with Crippen molar-refractivity contribution < 1.29 is 0 Å². The fraction of sp³-hybridized carbons (Fsp3) is 0.143. The van der Waals surface area contributed by atoms with Crippen molar-refractivity contribution >= 4 is 0 Å². The van der Waals surface area contributed by atoms with Crippen LogP contribution in [0, 0.1) is 0 Å². The molecule has 0 fully saturated rings. The van der Waals surface area contributed by atoms with Gasteiger partial charge in [0.05, 0.1) is 0 Å². The topological polar surface area (TPSA) is 52.0 Å². The maximum Gasteiger partial charge on any atom is 0.0271 e. The van der Waals surface area contributed by atoms with E-state index in [4.69, 9.17) is 11.5 Å². The lowest BCUT2D eigenvalue weighted by molar-refractivity contribution is 1.28. The second-order valence-corrected chi connectivity index (χ2v) is 1.93. The summed E-state index contributed by atoms with van der Waals surface area (Å²) in [5.74, 6) is 0. The molecule has 0 rings (SSSR count). The van der Waals surface area contributed by atoms with Gasteiger partial charge in [-0.25, -0.2) is 0 Å². The van der Waals surface area contributed by atoms with E-state index in [1.807, 2.05) is 6.92 Å². The van der Waals surface area contributed by atoms with E-state index < -0.39 is 0 Å². The van der Waals surface area contributed by atoms with Crippen LogP contribution in [0.15, 0.2) is 36.2 Å². The minimum atomic E-state index is 0.499. The Kier molecular flexibility index (Phi) is 2.58. The molecule has 0 heterocycles. The minimum absolute atomic E-state index is 0.499. The van der Waals surface area contributed by atoms with Crippen LogP contribution in [0.4, 0.5) is 0 Å². The highest BCUT2D eigenvalue weighted by atomic mass is 14.6. The molecule has 9 heavy (non-hydrogen) atoms. The molecule has 0 aliphatic rings. The molecule has 0 saturated carbocycles. The molecule has 2 nitrogen and oxygen atoms in total. The fourth-order valence-corrected chi connectivity index (χ4v) is 0.371. The first-order valence-electron chi connectivity index (χ1n) is 2.61. The lowest BCUT2D eigenvalue weighted by atomic mass is 10.2. The normalized spacial score (nSPS) is 11.0. The summed E-state index contributed by atoms with van der Waals surface area (Å²) in [5.41, 5.74) is 12.5. The Balaban J connectivity index is 4.17. The van der Waals surface area contributed by atoms with Crippen molar-refractivity contribution in [2.24, 2.45) is 11.5 Å². The van der Waals surface area contributed by atoms with Crippen LogP contribution in [-0.2, 0) is 0 Å². The minimum Gasteiger partial charge on any atom is -0.399 e. The fourth-order valence-electron chi connectivity index (χ4n) is 0.371. The van der Waals surface area contributed by atoms with E-state index in [0.717, 1.165) is 5.57 Å². The van der Waals surface area contributed by atoms with Crippen molar-refractivity contribution in [3.8, 4) is 0 Å². The van der Waals surface area contributed by atoms with Gasteiger partial charge in [0.15, 0.2) is 0 Å². The highest BCUT2D eigenvalue weighted by molar-refractivity contribution is 5.29. The second kappa shape index (κ2) is 2.97. The Morgan fingerprint density at radius 3 is 1.89 bits per heavy atom. The third kappa shape index (κ3) is 3.41. The van der Waals surface area contributed by atoms with E-state index in [2.05, 4.69) is 13.2 Å². The van der Waals surface area contributed by atoms with Gasteiger partial charge in [-0.2, -0.15) is 0 Å². The van der Waals surface area contributed by atoms with Gasteiger partial charge in [-0.3, -0.25) is 0 Å². The van der Waals surface area contributed by atoms with E-state index in [1.165, 1.54) is 0 Å². The van der Waals surface area contributed by atoms with Crippen LogP contribution in [-0.4, -0.2) is 0 Å². The van der Waals surface area contributed by atoms with Crippen LogP contribution in [0.2, 0.25) is 0 Å². The van der Waals surface area contributed by atoms with Crippen LogP contribution in [0.3, 0.4) is 0 Å². The molecule has 0 aromatic heterocycles. The third-order valence-electron chi connectivity index (χ3n) is 0.908. The van der Waals surface area contributed by atoms with Gasteiger partial charge >= 0.3 is 0 Å². The Labute approximate surface area is 55.5 Å². The van der Waals surface area contributed by atoms with Gasteiger partial charge < -0.3 is 11.5 Å². The van der Waals surface area contributed by atoms with Crippen LogP contribution < -0.4 is 11.5 Å². The molecule has 0 saturated heterocycles. The molecule has 0 aromatic rings. The summed E-state index contributed by atoms with van der Waals surface area (Å²) in [6.45, 7) is 8.84. The van der Waals surface area contributed by atoms with Crippen LogP contribution >= 0.6 is 0 Å². The molecular formula is C7H12N2. The molecule has 0 aromatic carbocycles. The van der Waals surface area contributed by atoms with E-state index in [1.54, 1.807) is 6.08 Å². The lowest BCUT2D eigenvalue weighted by Gasteiger charge is -1.96. The highest BCUT2D eigenvalue weighted by Crippen LogP contribution is 2.00. The Hall–Kier alpha value is -1.18. The lowest BCUT2D eigenvalue weighted by Crippen LogP contribution is -1.98. The van der Waals surface area contributed by atoms with Gasteiger partial charge in [0.2, 0.25) is 0 Å². The average molecular weight is 124 g/mol. The Morgan fingerprint density at radius 2 is 1.78 bits per heavy atom. The van der Waals surface area contributed by atoms with Gasteiger partial charge in [-0.05, 0) is 18.6 Å². The zero-order valence-electron chi connectivity index (χ0n) is 5.65. The number of allylic oxidation sites excluding steroid dienone is 2. The van der Waals surface area contributed by atoms with Crippen molar-refractivity contribution in [2.75, 3.05) is 0 Å². The molecule has 0 amide bonds. The number of hydrogen-bond donors (Lipinski definition) is 2. The molecule has 0 spiro atoms. The van der Waals surface area contributed by atoms with Crippen LogP contribution in [0.5, 0.6) is 0 Å². The van der Waals surface area contributed by atoms with Gasteiger partial charge in [-0.15, -0.1) is 0 Å². The zero-order valence-corrected chi connectivity index (χ0v) is 5.65. The first-order chi connectivity index (χ1) is 4.04. The molecule has 0 unspecified atom stereocenters. The molecule has 0 radical (unpaired) electrons. The molecule has 0 atom stereocenters. The van der Waals surface area contributed by atoms with Crippen LogP contribution in [0.1, 0.15) is 6.92 Å². The number of nitrogens with two attached hydrogens (primary N) is 2. The summed E-state index contributed by atoms with van der Waals surface area (Å²) < 4.78 is 0. The van der Waals surface area contributed by atoms with Crippen molar-refractivity contribution in [3.63, 3.8) is 0 Å². The smallest absolute Gasteiger partial charge is 0.0271 e. The molecule has 2 heteroatoms. The predicted octanol–water partition coefficient (Wildman–Crippen LogP) is 0.878. The Morgan fingerprint density at radius 1 is 1.33 bits per heavy atom.